The molecule has 0 saturated carbocycles. The van der Waals surface area contributed by atoms with E-state index in [9.17, 15) is 4.79 Å². The molecular formula is C20H35N5O3. The summed E-state index contributed by atoms with van der Waals surface area (Å²) >= 11 is 0. The van der Waals surface area contributed by atoms with Crippen molar-refractivity contribution in [2.45, 2.75) is 53.6 Å². The van der Waals surface area contributed by atoms with E-state index in [4.69, 9.17) is 14.5 Å². The van der Waals surface area contributed by atoms with Gasteiger partial charge in [-0.25, -0.2) is 4.99 Å². The van der Waals surface area contributed by atoms with Crippen molar-refractivity contribution in [2.24, 2.45) is 10.9 Å². The lowest BCUT2D eigenvalue weighted by Gasteiger charge is -2.33. The van der Waals surface area contributed by atoms with Gasteiger partial charge < -0.3 is 19.7 Å². The maximum absolute atomic E-state index is 12.0. The zero-order chi connectivity index (χ0) is 20.5. The zero-order valence-corrected chi connectivity index (χ0v) is 18.0. The molecule has 158 valence electrons. The van der Waals surface area contributed by atoms with Crippen LogP contribution in [0.25, 0.3) is 0 Å². The number of carbonyl (C=O) groups excluding carboxylic acids is 1. The summed E-state index contributed by atoms with van der Waals surface area (Å²) in [5.41, 5.74) is 3.30. The molecule has 0 bridgehead atoms. The van der Waals surface area contributed by atoms with Gasteiger partial charge in [-0.15, -0.1) is 0 Å². The standard InChI is InChI=1S/C20H35N5O3/c1-6-21-20(24-10-8-17(9-11-24)19(26)28-7-2)22-14-18-15(3)23-25(16(18)4)12-13-27-5/h17H,6-14H2,1-5H3,(H,21,22). The maximum atomic E-state index is 12.0. The number of nitrogens with zero attached hydrogens (tertiary/aromatic N) is 4. The Morgan fingerprint density at radius 2 is 2.00 bits per heavy atom. The van der Waals surface area contributed by atoms with E-state index in [0.29, 0.717) is 19.8 Å². The number of guanidine groups is 1. The first kappa shape index (κ1) is 22.2. The molecule has 1 aliphatic rings. The van der Waals surface area contributed by atoms with Crippen molar-refractivity contribution in [3.05, 3.63) is 17.0 Å². The second kappa shape index (κ2) is 11.0. The molecule has 0 amide bonds. The summed E-state index contributed by atoms with van der Waals surface area (Å²) in [6.07, 6.45) is 1.60. The quantitative estimate of drug-likeness (QED) is 0.413. The van der Waals surface area contributed by atoms with Gasteiger partial charge in [-0.05, 0) is 40.5 Å². The van der Waals surface area contributed by atoms with E-state index in [0.717, 1.165) is 61.9 Å². The van der Waals surface area contributed by atoms with Crippen LogP contribution in [0.4, 0.5) is 0 Å². The average molecular weight is 394 g/mol. The fraction of sp³-hybridized carbons (Fsp3) is 0.750. The first-order chi connectivity index (χ1) is 13.5. The molecule has 0 unspecified atom stereocenters. The Bertz CT molecular complexity index is 663. The number of likely N-dealkylation sites (tertiary alicyclic amines) is 1. The fourth-order valence-corrected chi connectivity index (χ4v) is 3.53. The van der Waals surface area contributed by atoms with Crippen LogP contribution >= 0.6 is 0 Å². The highest BCUT2D eigenvalue weighted by molar-refractivity contribution is 5.80. The van der Waals surface area contributed by atoms with Crippen LogP contribution in [-0.4, -0.2) is 66.6 Å². The lowest BCUT2D eigenvalue weighted by atomic mass is 9.97. The Morgan fingerprint density at radius 1 is 1.29 bits per heavy atom. The molecule has 8 nitrogen and oxygen atoms in total. The Kier molecular flexibility index (Phi) is 8.76. The molecule has 0 atom stereocenters. The third-order valence-corrected chi connectivity index (χ3v) is 5.17. The highest BCUT2D eigenvalue weighted by atomic mass is 16.5. The molecule has 1 N–H and O–H groups in total. The molecule has 1 aromatic rings. The Balaban J connectivity index is 2.03. The van der Waals surface area contributed by atoms with E-state index in [-0.39, 0.29) is 11.9 Å². The van der Waals surface area contributed by atoms with Crippen molar-refractivity contribution < 1.29 is 14.3 Å². The lowest BCUT2D eigenvalue weighted by Crippen LogP contribution is -2.46. The van der Waals surface area contributed by atoms with E-state index in [1.54, 1.807) is 7.11 Å². The third-order valence-electron chi connectivity index (χ3n) is 5.17. The van der Waals surface area contributed by atoms with Crippen LogP contribution < -0.4 is 5.32 Å². The van der Waals surface area contributed by atoms with Gasteiger partial charge in [0.2, 0.25) is 0 Å². The molecule has 1 fully saturated rings. The van der Waals surface area contributed by atoms with Gasteiger partial charge in [0.1, 0.15) is 0 Å². The van der Waals surface area contributed by atoms with Gasteiger partial charge in [0.05, 0.1) is 37.9 Å². The summed E-state index contributed by atoms with van der Waals surface area (Å²) in [5.74, 6) is 0.828. The summed E-state index contributed by atoms with van der Waals surface area (Å²) in [6.45, 7) is 12.9. The molecular weight excluding hydrogens is 358 g/mol. The predicted molar refractivity (Wildman–Crippen MR) is 109 cm³/mol. The number of hydrogen-bond acceptors (Lipinski definition) is 5. The molecule has 0 aliphatic carbocycles. The molecule has 2 heterocycles. The SMILES string of the molecule is CCNC(=NCc1c(C)nn(CCOC)c1C)N1CCC(C(=O)OCC)CC1. The first-order valence-corrected chi connectivity index (χ1v) is 10.2. The average Bonchev–Trinajstić information content (AvgIpc) is 2.97. The molecule has 0 aromatic carbocycles. The Labute approximate surface area is 168 Å². The number of carbonyl (C=O) groups is 1. The topological polar surface area (TPSA) is 81.0 Å². The van der Waals surface area contributed by atoms with Crippen molar-refractivity contribution in [1.29, 1.82) is 0 Å². The number of esters is 1. The van der Waals surface area contributed by atoms with Crippen molar-refractivity contribution in [1.82, 2.24) is 20.0 Å². The van der Waals surface area contributed by atoms with Gasteiger partial charge in [0.25, 0.3) is 0 Å². The molecule has 0 radical (unpaired) electrons. The fourth-order valence-electron chi connectivity index (χ4n) is 3.53. The van der Waals surface area contributed by atoms with E-state index in [1.807, 2.05) is 18.5 Å². The normalized spacial score (nSPS) is 15.8. The Morgan fingerprint density at radius 3 is 2.61 bits per heavy atom. The van der Waals surface area contributed by atoms with E-state index in [2.05, 4.69) is 29.2 Å². The number of hydrogen-bond donors (Lipinski definition) is 1. The highest BCUT2D eigenvalue weighted by Crippen LogP contribution is 2.19. The molecule has 2 rings (SSSR count). The summed E-state index contributed by atoms with van der Waals surface area (Å²) in [7, 11) is 1.70. The highest BCUT2D eigenvalue weighted by Gasteiger charge is 2.27. The molecule has 1 aromatic heterocycles. The number of aryl methyl sites for hydroxylation is 1. The van der Waals surface area contributed by atoms with E-state index >= 15 is 0 Å². The van der Waals surface area contributed by atoms with Crippen molar-refractivity contribution >= 4 is 11.9 Å². The van der Waals surface area contributed by atoms with Crippen molar-refractivity contribution in [2.75, 3.05) is 40.0 Å². The number of nitrogens with one attached hydrogen (secondary N) is 1. The predicted octanol–water partition coefficient (Wildman–Crippen LogP) is 1.89. The van der Waals surface area contributed by atoms with Crippen LogP contribution in [0.1, 0.15) is 43.6 Å². The zero-order valence-electron chi connectivity index (χ0n) is 18.0. The van der Waals surface area contributed by atoms with Gasteiger partial charge in [0.15, 0.2) is 5.96 Å². The van der Waals surface area contributed by atoms with Crippen LogP contribution in [0.5, 0.6) is 0 Å². The van der Waals surface area contributed by atoms with E-state index in [1.165, 1.54) is 0 Å². The number of rotatable bonds is 8. The second-order valence-corrected chi connectivity index (χ2v) is 7.05. The molecule has 1 saturated heterocycles. The lowest BCUT2D eigenvalue weighted by molar-refractivity contribution is -0.149. The maximum Gasteiger partial charge on any atom is 0.309 e. The third kappa shape index (κ3) is 5.70. The van der Waals surface area contributed by atoms with Crippen LogP contribution in [0.2, 0.25) is 0 Å². The van der Waals surface area contributed by atoms with Gasteiger partial charge >= 0.3 is 5.97 Å². The van der Waals surface area contributed by atoms with Crippen LogP contribution in [0, 0.1) is 19.8 Å². The van der Waals surface area contributed by atoms with Crippen LogP contribution in [0.3, 0.4) is 0 Å². The van der Waals surface area contributed by atoms with Gasteiger partial charge in [-0.1, -0.05) is 0 Å². The minimum absolute atomic E-state index is 0.00239. The molecule has 0 spiro atoms. The number of ether oxygens (including phenoxy) is 2. The van der Waals surface area contributed by atoms with Gasteiger partial charge in [-0.3, -0.25) is 9.48 Å². The van der Waals surface area contributed by atoms with Crippen LogP contribution in [-0.2, 0) is 27.4 Å². The minimum atomic E-state index is -0.0705. The summed E-state index contributed by atoms with van der Waals surface area (Å²) < 4.78 is 12.3. The van der Waals surface area contributed by atoms with E-state index < -0.39 is 0 Å². The number of aliphatic imine (C=N–C) groups is 1. The second-order valence-electron chi connectivity index (χ2n) is 7.05. The first-order valence-electron chi connectivity index (χ1n) is 10.2. The molecule has 28 heavy (non-hydrogen) atoms. The minimum Gasteiger partial charge on any atom is -0.466 e. The molecule has 1 aliphatic heterocycles. The monoisotopic (exact) mass is 393 g/mol. The van der Waals surface area contributed by atoms with Gasteiger partial charge in [0, 0.05) is 38.0 Å². The summed E-state index contributed by atoms with van der Waals surface area (Å²) in [6, 6.07) is 0. The van der Waals surface area contributed by atoms with Crippen LogP contribution in [0.15, 0.2) is 4.99 Å². The van der Waals surface area contributed by atoms with Crippen molar-refractivity contribution in [3.63, 3.8) is 0 Å². The Hall–Kier alpha value is -2.09. The summed E-state index contributed by atoms with van der Waals surface area (Å²) in [4.78, 5) is 19.1. The number of piperidine rings is 1. The number of aromatic nitrogens is 2. The number of methoxy groups -OCH3 is 1. The largest absolute Gasteiger partial charge is 0.466 e. The van der Waals surface area contributed by atoms with Gasteiger partial charge in [-0.2, -0.15) is 5.10 Å². The van der Waals surface area contributed by atoms with Crippen molar-refractivity contribution in [3.8, 4) is 0 Å². The molecule has 8 heteroatoms. The smallest absolute Gasteiger partial charge is 0.309 e. The summed E-state index contributed by atoms with van der Waals surface area (Å²) in [5, 5.41) is 8.00.